The third-order valence-corrected chi connectivity index (χ3v) is 7.85. The minimum Gasteiger partial charge on any atom is -0.493 e. The Labute approximate surface area is 196 Å². The standard InChI is InChI=1S/C21H25N5O5S2/c1-30-17-6-5-15(14-18(17)31-2)33(28,29)23-9-7-19(27)25-10-12-26(13-11-25)21-24-16-4-3-8-22-20(16)32-21/h3-6,8,14,23H,7,9-13H2,1-2H3. The predicted molar refractivity (Wildman–Crippen MR) is 126 cm³/mol. The van der Waals surface area contributed by atoms with E-state index in [1.807, 2.05) is 12.1 Å². The maximum Gasteiger partial charge on any atom is 0.240 e. The zero-order valence-electron chi connectivity index (χ0n) is 18.4. The number of nitrogens with one attached hydrogen (secondary N) is 1. The molecule has 0 aliphatic carbocycles. The zero-order chi connectivity index (χ0) is 23.4. The van der Waals surface area contributed by atoms with Crippen molar-refractivity contribution in [2.24, 2.45) is 0 Å². The summed E-state index contributed by atoms with van der Waals surface area (Å²) in [5, 5.41) is 0.901. The third-order valence-electron chi connectivity index (χ3n) is 5.35. The SMILES string of the molecule is COc1ccc(S(=O)(=O)NCCC(=O)N2CCN(c3nc4cccnc4s3)CC2)cc1OC. The number of hydrogen-bond donors (Lipinski definition) is 1. The summed E-state index contributed by atoms with van der Waals surface area (Å²) < 4.78 is 37.9. The largest absolute Gasteiger partial charge is 0.493 e. The van der Waals surface area contributed by atoms with Crippen LogP contribution in [0.15, 0.2) is 41.4 Å². The van der Waals surface area contributed by atoms with Gasteiger partial charge in [-0.2, -0.15) is 0 Å². The molecular weight excluding hydrogens is 466 g/mol. The second-order valence-electron chi connectivity index (χ2n) is 7.36. The zero-order valence-corrected chi connectivity index (χ0v) is 20.0. The van der Waals surface area contributed by atoms with Crippen LogP contribution in [0, 0.1) is 0 Å². The van der Waals surface area contributed by atoms with Gasteiger partial charge in [0.2, 0.25) is 15.9 Å². The molecule has 0 atom stereocenters. The summed E-state index contributed by atoms with van der Waals surface area (Å²) in [6, 6.07) is 8.15. The molecule has 3 heterocycles. The minimum absolute atomic E-state index is 0.0132. The van der Waals surface area contributed by atoms with Crippen LogP contribution in [0.3, 0.4) is 0 Å². The molecule has 1 aromatic carbocycles. The summed E-state index contributed by atoms with van der Waals surface area (Å²) >= 11 is 1.54. The number of amides is 1. The topological polar surface area (TPSA) is 114 Å². The van der Waals surface area contributed by atoms with Crippen molar-refractivity contribution in [3.05, 3.63) is 36.5 Å². The van der Waals surface area contributed by atoms with E-state index in [4.69, 9.17) is 9.47 Å². The number of fused-ring (bicyclic) bond motifs is 1. The number of piperazine rings is 1. The van der Waals surface area contributed by atoms with Crippen molar-refractivity contribution in [2.45, 2.75) is 11.3 Å². The number of methoxy groups -OCH3 is 2. The van der Waals surface area contributed by atoms with Crippen molar-refractivity contribution >= 4 is 42.7 Å². The first kappa shape index (κ1) is 23.2. The first-order valence-corrected chi connectivity index (χ1v) is 12.7. The number of sulfonamides is 1. The number of carbonyl (C=O) groups excluding carboxylic acids is 1. The first-order chi connectivity index (χ1) is 15.9. The molecular formula is C21H25N5O5S2. The van der Waals surface area contributed by atoms with Gasteiger partial charge in [0.25, 0.3) is 0 Å². The van der Waals surface area contributed by atoms with Gasteiger partial charge in [-0.1, -0.05) is 11.3 Å². The molecule has 1 fully saturated rings. The summed E-state index contributed by atoms with van der Waals surface area (Å²) in [5.41, 5.74) is 0.873. The van der Waals surface area contributed by atoms with E-state index in [1.54, 1.807) is 11.1 Å². The van der Waals surface area contributed by atoms with Crippen molar-refractivity contribution in [2.75, 3.05) is 51.8 Å². The molecule has 0 bridgehead atoms. The molecule has 0 radical (unpaired) electrons. The molecule has 0 unspecified atom stereocenters. The predicted octanol–water partition coefficient (Wildman–Crippen LogP) is 1.73. The number of hydrogen-bond acceptors (Lipinski definition) is 9. The van der Waals surface area contributed by atoms with Crippen molar-refractivity contribution < 1.29 is 22.7 Å². The molecule has 1 aliphatic heterocycles. The Bertz CT molecular complexity index is 1210. The molecule has 3 aromatic rings. The van der Waals surface area contributed by atoms with E-state index in [0.717, 1.165) is 15.5 Å². The van der Waals surface area contributed by atoms with Crippen LogP contribution in [0.25, 0.3) is 10.3 Å². The molecule has 1 amide bonds. The van der Waals surface area contributed by atoms with Gasteiger partial charge in [0.15, 0.2) is 16.6 Å². The normalized spacial score (nSPS) is 14.5. The molecule has 1 saturated heterocycles. The number of nitrogens with zero attached hydrogens (tertiary/aromatic N) is 4. The number of carbonyl (C=O) groups is 1. The second-order valence-corrected chi connectivity index (χ2v) is 10.1. The molecule has 176 valence electrons. The molecule has 0 saturated carbocycles. The lowest BCUT2D eigenvalue weighted by atomic mass is 10.3. The lowest BCUT2D eigenvalue weighted by molar-refractivity contribution is -0.131. The number of ether oxygens (including phenoxy) is 2. The van der Waals surface area contributed by atoms with Crippen LogP contribution in [0.1, 0.15) is 6.42 Å². The van der Waals surface area contributed by atoms with Crippen LogP contribution in [0.2, 0.25) is 0 Å². The molecule has 4 rings (SSSR count). The van der Waals surface area contributed by atoms with Crippen LogP contribution in [-0.2, 0) is 14.8 Å². The van der Waals surface area contributed by atoms with E-state index in [0.29, 0.717) is 37.7 Å². The van der Waals surface area contributed by atoms with E-state index < -0.39 is 10.0 Å². The number of anilines is 1. The van der Waals surface area contributed by atoms with Crippen molar-refractivity contribution in [1.82, 2.24) is 19.6 Å². The second kappa shape index (κ2) is 9.89. The Hall–Kier alpha value is -2.96. The Morgan fingerprint density at radius 3 is 2.58 bits per heavy atom. The fourth-order valence-corrected chi connectivity index (χ4v) is 5.57. The summed E-state index contributed by atoms with van der Waals surface area (Å²) in [4.78, 5) is 26.4. The minimum atomic E-state index is -3.78. The maximum absolute atomic E-state index is 12.6. The maximum atomic E-state index is 12.6. The highest BCUT2D eigenvalue weighted by molar-refractivity contribution is 7.89. The Morgan fingerprint density at radius 1 is 1.12 bits per heavy atom. The van der Waals surface area contributed by atoms with Gasteiger partial charge in [-0.3, -0.25) is 4.79 Å². The molecule has 0 spiro atoms. The Balaban J connectivity index is 1.28. The average molecular weight is 492 g/mol. The molecule has 1 N–H and O–H groups in total. The monoisotopic (exact) mass is 491 g/mol. The van der Waals surface area contributed by atoms with Gasteiger partial charge in [0.1, 0.15) is 10.3 Å². The van der Waals surface area contributed by atoms with Crippen molar-refractivity contribution in [1.29, 1.82) is 0 Å². The van der Waals surface area contributed by atoms with Gasteiger partial charge in [-0.15, -0.1) is 0 Å². The van der Waals surface area contributed by atoms with Crippen LogP contribution in [-0.4, -0.2) is 76.1 Å². The summed E-state index contributed by atoms with van der Waals surface area (Å²) in [7, 11) is -0.863. The smallest absolute Gasteiger partial charge is 0.240 e. The Morgan fingerprint density at radius 2 is 1.88 bits per heavy atom. The fourth-order valence-electron chi connectivity index (χ4n) is 3.56. The number of thiazole rings is 1. The molecule has 33 heavy (non-hydrogen) atoms. The fraction of sp³-hybridized carbons (Fsp3) is 0.381. The number of pyridine rings is 1. The quantitative estimate of drug-likeness (QED) is 0.507. The lowest BCUT2D eigenvalue weighted by Gasteiger charge is -2.34. The highest BCUT2D eigenvalue weighted by Crippen LogP contribution is 2.29. The van der Waals surface area contributed by atoms with Gasteiger partial charge in [-0.25, -0.2) is 23.1 Å². The summed E-state index contributed by atoms with van der Waals surface area (Å²) in [6.45, 7) is 2.47. The van der Waals surface area contributed by atoms with Crippen LogP contribution in [0.5, 0.6) is 11.5 Å². The summed E-state index contributed by atoms with van der Waals surface area (Å²) in [5.74, 6) is 0.668. The van der Waals surface area contributed by atoms with Gasteiger partial charge in [0.05, 0.1) is 19.1 Å². The van der Waals surface area contributed by atoms with E-state index in [2.05, 4.69) is 19.6 Å². The van der Waals surface area contributed by atoms with Gasteiger partial charge < -0.3 is 19.3 Å². The van der Waals surface area contributed by atoms with Gasteiger partial charge >= 0.3 is 0 Å². The molecule has 10 nitrogen and oxygen atoms in total. The highest BCUT2D eigenvalue weighted by Gasteiger charge is 2.24. The van der Waals surface area contributed by atoms with Crippen LogP contribution in [0.4, 0.5) is 5.13 Å². The van der Waals surface area contributed by atoms with E-state index in [1.165, 1.54) is 43.8 Å². The van der Waals surface area contributed by atoms with Gasteiger partial charge in [-0.05, 0) is 24.3 Å². The Kier molecular flexibility index (Phi) is 6.96. The summed E-state index contributed by atoms with van der Waals surface area (Å²) in [6.07, 6.45) is 1.83. The van der Waals surface area contributed by atoms with Gasteiger partial charge in [0, 0.05) is 51.4 Å². The van der Waals surface area contributed by atoms with E-state index in [-0.39, 0.29) is 23.8 Å². The van der Waals surface area contributed by atoms with Crippen molar-refractivity contribution in [3.63, 3.8) is 0 Å². The lowest BCUT2D eigenvalue weighted by Crippen LogP contribution is -2.49. The molecule has 12 heteroatoms. The van der Waals surface area contributed by atoms with Crippen molar-refractivity contribution in [3.8, 4) is 11.5 Å². The average Bonchev–Trinajstić information content (AvgIpc) is 3.28. The van der Waals surface area contributed by atoms with E-state index >= 15 is 0 Å². The number of benzene rings is 1. The molecule has 2 aromatic heterocycles. The van der Waals surface area contributed by atoms with E-state index in [9.17, 15) is 13.2 Å². The molecule has 1 aliphatic rings. The first-order valence-electron chi connectivity index (χ1n) is 10.4. The van der Waals surface area contributed by atoms with Crippen LogP contribution < -0.4 is 19.1 Å². The third kappa shape index (κ3) is 5.18. The highest BCUT2D eigenvalue weighted by atomic mass is 32.2. The number of aromatic nitrogens is 2. The van der Waals surface area contributed by atoms with Crippen LogP contribution >= 0.6 is 11.3 Å². The number of rotatable bonds is 8.